The van der Waals surface area contributed by atoms with E-state index < -0.39 is 176 Å². The number of carboxylic acids is 1. The van der Waals surface area contributed by atoms with Crippen molar-refractivity contribution in [1.82, 2.24) is 79.1 Å². The van der Waals surface area contributed by atoms with Gasteiger partial charge in [-0.1, -0.05) is 98.2 Å². The van der Waals surface area contributed by atoms with Gasteiger partial charge in [0.25, 0.3) is 0 Å². The third-order valence-corrected chi connectivity index (χ3v) is 17.8. The summed E-state index contributed by atoms with van der Waals surface area (Å²) in [7, 11) is 0. The summed E-state index contributed by atoms with van der Waals surface area (Å²) in [6.07, 6.45) is -1.15. The fourth-order valence-corrected chi connectivity index (χ4v) is 12.3. The number of hydrogen-bond donors (Lipinski definition) is 19. The fourth-order valence-electron chi connectivity index (χ4n) is 12.2. The number of carboxylic acid groups (broad SMARTS) is 1. The number of aromatic nitrogens is 1. The maximum Gasteiger partial charge on any atom is 0.327 e. The molecule has 0 bridgehead atoms. The van der Waals surface area contributed by atoms with E-state index in [1.807, 2.05) is 23.6 Å². The minimum absolute atomic E-state index is 0.0513. The zero-order valence-electron chi connectivity index (χ0n) is 58.3. The Morgan fingerprint density at radius 2 is 1.32 bits per heavy atom. The molecule has 3 heterocycles. The van der Waals surface area contributed by atoms with E-state index >= 15 is 19.2 Å². The number of nitrogens with zero attached hydrogens (tertiary/aromatic N) is 1. The Hall–Kier alpha value is -11.3. The van der Waals surface area contributed by atoms with Gasteiger partial charge in [-0.05, 0) is 90.1 Å². The van der Waals surface area contributed by atoms with Crippen molar-refractivity contribution in [2.24, 2.45) is 23.2 Å². The van der Waals surface area contributed by atoms with Crippen molar-refractivity contribution in [3.63, 3.8) is 0 Å². The molecule has 1 aromatic heterocycles. The molecule has 13 amide bonds. The van der Waals surface area contributed by atoms with Gasteiger partial charge in [-0.25, -0.2) is 10.6 Å². The first kappa shape index (κ1) is 81.0. The van der Waals surface area contributed by atoms with Crippen LogP contribution in [0.5, 0.6) is 0 Å². The van der Waals surface area contributed by atoms with E-state index in [9.17, 15) is 53.1 Å². The lowest BCUT2D eigenvalue weighted by Gasteiger charge is -2.31. The average Bonchev–Trinajstić information content (AvgIpc) is 1.76. The van der Waals surface area contributed by atoms with Gasteiger partial charge in [0.05, 0.1) is 12.8 Å². The molecule has 10 atom stereocenters. The Labute approximate surface area is 609 Å². The number of H-pyrrole nitrogens is 1. The van der Waals surface area contributed by atoms with E-state index in [0.717, 1.165) is 17.7 Å². The molecule has 0 aliphatic carbocycles. The number of guanidine groups is 1. The molecule has 4 aromatic carbocycles. The molecule has 0 radical (unpaired) electrons. The quantitative estimate of drug-likeness (QED) is 0.00681. The number of para-hydroxylation sites is 1. The molecule has 0 saturated carbocycles. The third-order valence-electron chi connectivity index (χ3n) is 17.6. The van der Waals surface area contributed by atoms with Crippen LogP contribution in [-0.2, 0) is 86.4 Å². The highest BCUT2D eigenvalue weighted by molar-refractivity contribution is 6.30. The van der Waals surface area contributed by atoms with Gasteiger partial charge in [0, 0.05) is 87.5 Å². The zero-order valence-corrected chi connectivity index (χ0v) is 59.1. The standard InChI is InChI=1S/C70H92ClN19O15/c1-37(2)28-49(61(96)82-48(14-8-24-78-70(73)74)68(103)90-27-9-15-56(90)67(102)88-55(35-72)69(104)105)83-63(98)51(31-40-16-19-41-10-4-5-11-42(41)29-40)84-60(95)47-22-25-76-57(92)23-26-77-58(93)33-53(80-38(3)91)65(100)85-50(30-39-17-20-44(71)21-18-39)62(97)86-52(32-43-36-79-46-13-7-6-12-45(43)46)64(99)87-54(66(101)81-47)34-59(94)89-75/h4-7,10-13,16-21,29,36-37,47-56,79H,8-9,14-15,22-28,30-35,72,75H2,1-3H3,(H,76,92)(H,77,93)(H,80,91)(H,81,101)(H,82,96)(H,83,98)(H,84,95)(H,85,100)(H,86,97)(H,87,99)(H,88,102)(H,89,94)(H,104,105)(H4,73,74,78)/t47-,48-,49-,50+,51+,52+,53-,54-,55-,56-/m0/s1. The van der Waals surface area contributed by atoms with Gasteiger partial charge in [-0.2, -0.15) is 0 Å². The highest BCUT2D eigenvalue weighted by Gasteiger charge is 2.41. The fraction of sp³-hybridized carbons (Fsp3) is 0.443. The predicted molar refractivity (Wildman–Crippen MR) is 385 cm³/mol. The van der Waals surface area contributed by atoms with Crippen LogP contribution in [0.25, 0.3) is 21.7 Å². The molecule has 34 nitrogen and oxygen atoms in total. The summed E-state index contributed by atoms with van der Waals surface area (Å²) in [4.78, 5) is 202. The average molecular weight is 1480 g/mol. The van der Waals surface area contributed by atoms with E-state index in [-0.39, 0.29) is 82.9 Å². The molecular formula is C70H92ClN19O15. The molecule has 0 unspecified atom stereocenters. The van der Waals surface area contributed by atoms with Crippen LogP contribution in [0.4, 0.5) is 0 Å². The Morgan fingerprint density at radius 1 is 0.695 bits per heavy atom. The van der Waals surface area contributed by atoms with Gasteiger partial charge in [-0.15, -0.1) is 0 Å². The highest BCUT2D eigenvalue weighted by Crippen LogP contribution is 2.23. The number of carbonyl (C=O) groups excluding carboxylic acids is 13. The Kier molecular flexibility index (Phi) is 30.4. The lowest BCUT2D eigenvalue weighted by molar-refractivity contribution is -0.145. The first-order chi connectivity index (χ1) is 50.1. The monoisotopic (exact) mass is 1470 g/mol. The molecule has 564 valence electrons. The van der Waals surface area contributed by atoms with Crippen molar-refractivity contribution in [1.29, 1.82) is 5.41 Å². The largest absolute Gasteiger partial charge is 0.480 e. The van der Waals surface area contributed by atoms with Crippen LogP contribution in [0.15, 0.2) is 97.2 Å². The second-order valence-electron chi connectivity index (χ2n) is 26.1. The first-order valence-electron chi connectivity index (χ1n) is 34.4. The summed E-state index contributed by atoms with van der Waals surface area (Å²) in [5.74, 6) is -8.31. The third kappa shape index (κ3) is 24.7. The van der Waals surface area contributed by atoms with E-state index in [2.05, 4.69) is 68.8 Å². The Morgan fingerprint density at radius 3 is 2.01 bits per heavy atom. The van der Waals surface area contributed by atoms with Crippen molar-refractivity contribution in [3.8, 4) is 0 Å². The Balaban J connectivity index is 1.24. The van der Waals surface area contributed by atoms with Crippen LogP contribution in [0.1, 0.15) is 95.2 Å². The highest BCUT2D eigenvalue weighted by atomic mass is 35.5. The summed E-state index contributed by atoms with van der Waals surface area (Å²) in [5, 5.41) is 51.0. The number of hydrogen-bond acceptors (Lipinski definition) is 17. The van der Waals surface area contributed by atoms with Crippen LogP contribution in [0.3, 0.4) is 0 Å². The molecule has 7 rings (SSSR count). The summed E-state index contributed by atoms with van der Waals surface area (Å²) in [6, 6.07) is 10.3. The molecule has 2 saturated heterocycles. The van der Waals surface area contributed by atoms with Gasteiger partial charge in [-0.3, -0.25) is 73.2 Å². The summed E-state index contributed by atoms with van der Waals surface area (Å²) >= 11 is 6.21. The summed E-state index contributed by atoms with van der Waals surface area (Å²) in [5.41, 5.74) is 15.1. The van der Waals surface area contributed by atoms with Crippen molar-refractivity contribution in [2.75, 3.05) is 32.7 Å². The minimum Gasteiger partial charge on any atom is -0.480 e. The number of fused-ring (bicyclic) bond motifs is 2. The normalized spacial score (nSPS) is 19.9. The van der Waals surface area contributed by atoms with E-state index in [4.69, 9.17) is 34.3 Å². The Bertz CT molecular complexity index is 4010. The van der Waals surface area contributed by atoms with Gasteiger partial charge < -0.3 is 90.3 Å². The topological polar surface area (TPSA) is 537 Å². The molecule has 5 aromatic rings. The van der Waals surface area contributed by atoms with Crippen molar-refractivity contribution in [3.05, 3.63) is 119 Å². The first-order valence-corrected chi connectivity index (χ1v) is 34.8. The molecular weight excluding hydrogens is 1380 g/mol. The number of likely N-dealkylation sites (tertiary alicyclic amines) is 1. The minimum atomic E-state index is -1.92. The number of aliphatic carboxylic acids is 1. The number of rotatable bonds is 26. The number of amides is 13. The van der Waals surface area contributed by atoms with Gasteiger partial charge >= 0.3 is 5.97 Å². The van der Waals surface area contributed by atoms with Crippen LogP contribution >= 0.6 is 11.6 Å². The molecule has 0 spiro atoms. The number of benzene rings is 4. The second kappa shape index (κ2) is 39.4. The smallest absolute Gasteiger partial charge is 0.327 e. The number of halogens is 1. The number of aromatic amines is 1. The maximum atomic E-state index is 15.3. The molecule has 2 aliphatic heterocycles. The van der Waals surface area contributed by atoms with Crippen molar-refractivity contribution in [2.45, 2.75) is 158 Å². The molecule has 2 aliphatic rings. The summed E-state index contributed by atoms with van der Waals surface area (Å²) < 4.78 is 0. The lowest BCUT2D eigenvalue weighted by Crippen LogP contribution is -2.61. The van der Waals surface area contributed by atoms with Crippen LogP contribution < -0.4 is 86.5 Å². The van der Waals surface area contributed by atoms with Gasteiger partial charge in [0.1, 0.15) is 60.4 Å². The number of carbonyl (C=O) groups is 14. The number of hydrazine groups is 1. The number of nitrogens with one attached hydrogen (secondary N) is 15. The van der Waals surface area contributed by atoms with Crippen LogP contribution in [0, 0.1) is 11.3 Å². The lowest BCUT2D eigenvalue weighted by atomic mass is 9.98. The summed E-state index contributed by atoms with van der Waals surface area (Å²) in [6.45, 7) is 3.60. The van der Waals surface area contributed by atoms with E-state index in [1.165, 1.54) is 17.0 Å². The SMILES string of the molecule is CC(=O)N[C@H]1CC(=O)NCCC(=O)NCC[C@@H](C(=O)N[C@H](Cc2ccc3ccccc3c2)C(=O)N[C@@H](CC(C)C)C(=O)N[C@@H](CCCNC(=N)N)C(=O)N2CCC[C@H]2C(=O)N[C@@H](CN)C(=O)O)NC(=O)[C@H](CC(=O)NN)NC(=O)[C@@H](Cc2c[nH]c3ccccc23)NC(=O)[C@@H](Cc2ccc(Cl)cc2)NC1=O. The van der Waals surface area contributed by atoms with Gasteiger partial charge in [0.15, 0.2) is 5.96 Å². The van der Waals surface area contributed by atoms with Crippen LogP contribution in [0.2, 0.25) is 5.02 Å². The molecule has 105 heavy (non-hydrogen) atoms. The molecule has 35 heteroatoms. The van der Waals surface area contributed by atoms with E-state index in [1.54, 1.807) is 80.7 Å². The van der Waals surface area contributed by atoms with Crippen LogP contribution in [-0.4, -0.2) is 197 Å². The molecule has 22 N–H and O–H groups in total. The van der Waals surface area contributed by atoms with Gasteiger partial charge in [0.2, 0.25) is 76.8 Å². The number of nitrogens with two attached hydrogens (primary N) is 3. The predicted octanol–water partition coefficient (Wildman–Crippen LogP) is -2.47. The zero-order chi connectivity index (χ0) is 76.4. The second-order valence-corrected chi connectivity index (χ2v) is 26.5. The van der Waals surface area contributed by atoms with Crippen molar-refractivity contribution < 1.29 is 72.2 Å². The van der Waals surface area contributed by atoms with Crippen molar-refractivity contribution >= 4 is 122 Å². The van der Waals surface area contributed by atoms with E-state index in [0.29, 0.717) is 39.0 Å². The maximum absolute atomic E-state index is 15.3. The molecule has 2 fully saturated rings.